The summed E-state index contributed by atoms with van der Waals surface area (Å²) >= 11 is 0. The Morgan fingerprint density at radius 2 is 1.66 bits per heavy atom. The summed E-state index contributed by atoms with van der Waals surface area (Å²) in [5.74, 6) is -2.24. The Bertz CT molecular complexity index is 3420. The number of anilines is 1. The molecule has 6 heterocycles. The van der Waals surface area contributed by atoms with Gasteiger partial charge in [-0.05, 0) is 105 Å². The van der Waals surface area contributed by atoms with Crippen LogP contribution >= 0.6 is 0 Å². The summed E-state index contributed by atoms with van der Waals surface area (Å²) in [6.45, 7) is 8.14. The lowest BCUT2D eigenvalue weighted by atomic mass is 9.79. The molecule has 9 rings (SSSR count). The highest BCUT2D eigenvalue weighted by Gasteiger charge is 2.51. The summed E-state index contributed by atoms with van der Waals surface area (Å²) in [4.78, 5) is 124. The molecular weight excluding hydrogens is 1110 g/mol. The monoisotopic (exact) mass is 1180 g/mol. The molecule has 0 spiro atoms. The number of phenols is 1. The van der Waals surface area contributed by atoms with Crippen LogP contribution in [-0.4, -0.2) is 115 Å². The van der Waals surface area contributed by atoms with Gasteiger partial charge in [-0.3, -0.25) is 38.5 Å². The molecule has 2 aromatic carbocycles. The number of unbranched alkanes of at least 4 members (excludes halogenated alkanes) is 2. The molecule has 3 atom stereocenters. The van der Waals surface area contributed by atoms with E-state index in [1.807, 2.05) is 13.8 Å². The molecule has 86 heavy (non-hydrogen) atoms. The van der Waals surface area contributed by atoms with E-state index in [-0.39, 0.29) is 128 Å². The van der Waals surface area contributed by atoms with E-state index < -0.39 is 29.2 Å². The Kier molecular flexibility index (Phi) is 20.7. The molecular formula is C64H77N7O15. The van der Waals surface area contributed by atoms with Gasteiger partial charge in [-0.1, -0.05) is 64.3 Å². The molecule has 1 aliphatic carbocycles. The van der Waals surface area contributed by atoms with Gasteiger partial charge in [-0.25, -0.2) is 19.3 Å². The van der Waals surface area contributed by atoms with Gasteiger partial charge in [0.05, 0.1) is 47.9 Å². The predicted octanol–water partition coefficient (Wildman–Crippen LogP) is 8.18. The molecule has 0 radical (unpaired) electrons. The van der Waals surface area contributed by atoms with Gasteiger partial charge in [0.2, 0.25) is 23.3 Å². The van der Waals surface area contributed by atoms with Crippen molar-refractivity contribution in [2.45, 2.75) is 162 Å². The van der Waals surface area contributed by atoms with Gasteiger partial charge in [0.1, 0.15) is 38.0 Å². The molecule has 1 saturated carbocycles. The molecule has 3 aliphatic heterocycles. The molecule has 22 nitrogen and oxygen atoms in total. The van der Waals surface area contributed by atoms with Crippen molar-refractivity contribution in [1.29, 1.82) is 0 Å². The van der Waals surface area contributed by atoms with Crippen LogP contribution in [0.25, 0.3) is 22.3 Å². The van der Waals surface area contributed by atoms with E-state index in [9.17, 15) is 48.3 Å². The van der Waals surface area contributed by atoms with E-state index in [2.05, 4.69) is 15.6 Å². The predicted molar refractivity (Wildman–Crippen MR) is 312 cm³/mol. The van der Waals surface area contributed by atoms with Crippen molar-refractivity contribution < 1.29 is 67.1 Å². The van der Waals surface area contributed by atoms with Crippen LogP contribution in [0.3, 0.4) is 0 Å². The standard InChI is InChI=1S/C64H77N7O15/c1-5-8-9-11-43(29-48(74)37-83-36-47(73)12-10-26-82-27-25-69-33-45(67-68-69)21-24-56(75)42-17-13-40(14-18-42)32-71-57(76)28-39(4)60(71)78)59(77)65-44-19-15-41(16-20-44)35-85-63(81)86-64(7-3)53-31-55-58-51(34-70(55)61(79)52(53)38-84-62(64)80)49(6-2)50-30-46(72)22-23-54(50)66-58/h15-16,19-20,22-23,30-31,33,39-40,42-43,72H,5-14,17-18,21,24-29,32,34-38H2,1-4H3,(H,65,77). The van der Waals surface area contributed by atoms with Crippen LogP contribution in [0.4, 0.5) is 10.5 Å². The SMILES string of the molecule is CCCCCC(CC(=O)COCC(=O)CCCOCCn1cc(CCC(=O)C2CCC(CN3C(=O)CC(C)C3=O)CC2)nn1)C(=O)Nc1ccc(COC(=O)OC2(CC)C(=O)OCc3c2cc2n(c3=O)Cc3c-2nc2ccc(O)cc2c3CC)cc1. The summed E-state index contributed by atoms with van der Waals surface area (Å²) in [5, 5.41) is 22.3. The van der Waals surface area contributed by atoms with Crippen molar-refractivity contribution in [2.24, 2.45) is 23.7 Å². The maximum atomic E-state index is 14.1. The average Bonchev–Trinajstić information content (AvgIpc) is 1.58. The van der Waals surface area contributed by atoms with Gasteiger partial charge in [-0.15, -0.1) is 5.10 Å². The number of aromatic nitrogens is 5. The minimum Gasteiger partial charge on any atom is -0.508 e. The number of nitrogens with zero attached hydrogens (tertiary/aromatic N) is 6. The van der Waals surface area contributed by atoms with Gasteiger partial charge in [0, 0.05) is 91.4 Å². The largest absolute Gasteiger partial charge is 0.510 e. The first-order valence-electron chi connectivity index (χ1n) is 30.3. The van der Waals surface area contributed by atoms with Gasteiger partial charge < -0.3 is 38.7 Å². The highest BCUT2D eigenvalue weighted by Crippen LogP contribution is 2.43. The van der Waals surface area contributed by atoms with Gasteiger partial charge in [0.25, 0.3) is 5.56 Å². The van der Waals surface area contributed by atoms with Gasteiger partial charge >= 0.3 is 12.1 Å². The molecule has 3 unspecified atom stereocenters. The van der Waals surface area contributed by atoms with Crippen molar-refractivity contribution in [2.75, 3.05) is 38.3 Å². The number of ketones is 3. The first kappa shape index (κ1) is 62.5. The summed E-state index contributed by atoms with van der Waals surface area (Å²) in [5.41, 5.74) is 3.10. The number of hydrogen-bond acceptors (Lipinski definition) is 18. The number of amides is 3. The second-order valence-electron chi connectivity index (χ2n) is 23.2. The maximum Gasteiger partial charge on any atom is 0.510 e. The highest BCUT2D eigenvalue weighted by molar-refractivity contribution is 6.03. The zero-order valence-electron chi connectivity index (χ0n) is 49.5. The zero-order valence-corrected chi connectivity index (χ0v) is 49.5. The van der Waals surface area contributed by atoms with Crippen LogP contribution in [0.2, 0.25) is 0 Å². The Balaban J connectivity index is 0.666. The number of ether oxygens (including phenoxy) is 5. The third-order valence-corrected chi connectivity index (χ3v) is 17.1. The Morgan fingerprint density at radius 1 is 0.884 bits per heavy atom. The molecule has 2 fully saturated rings. The number of benzene rings is 2. The Morgan fingerprint density at radius 3 is 2.40 bits per heavy atom. The number of fused-ring (bicyclic) bond motifs is 5. The number of aromatic hydroxyl groups is 1. The van der Waals surface area contributed by atoms with Crippen molar-refractivity contribution in [3.63, 3.8) is 0 Å². The van der Waals surface area contributed by atoms with E-state index in [0.717, 1.165) is 61.5 Å². The lowest BCUT2D eigenvalue weighted by molar-refractivity contribution is -0.175. The van der Waals surface area contributed by atoms with E-state index in [0.29, 0.717) is 92.3 Å². The topological polar surface area (TPSA) is 284 Å². The average molecular weight is 1180 g/mol. The summed E-state index contributed by atoms with van der Waals surface area (Å²) in [6, 6.07) is 13.1. The molecule has 0 bridgehead atoms. The number of esters is 1. The van der Waals surface area contributed by atoms with Crippen LogP contribution in [0.15, 0.2) is 59.5 Å². The number of rotatable bonds is 30. The van der Waals surface area contributed by atoms with Crippen molar-refractivity contribution in [3.05, 3.63) is 98.6 Å². The van der Waals surface area contributed by atoms with E-state index in [1.54, 1.807) is 77.8 Å². The van der Waals surface area contributed by atoms with Crippen LogP contribution in [-0.2, 0) is 102 Å². The molecule has 4 aliphatic rings. The van der Waals surface area contributed by atoms with E-state index in [1.165, 1.54) is 4.90 Å². The number of aryl methyl sites for hydroxylation is 2. The summed E-state index contributed by atoms with van der Waals surface area (Å²) in [7, 11) is 0. The first-order chi connectivity index (χ1) is 41.5. The molecule has 3 amide bonds. The van der Waals surface area contributed by atoms with Crippen LogP contribution in [0, 0.1) is 23.7 Å². The minimum absolute atomic E-state index is 0.0229. The summed E-state index contributed by atoms with van der Waals surface area (Å²) in [6.07, 6.45) is 9.05. The Labute approximate surface area is 498 Å². The van der Waals surface area contributed by atoms with Gasteiger partial charge in [-0.2, -0.15) is 0 Å². The number of nitrogens with one attached hydrogen (secondary N) is 1. The third kappa shape index (κ3) is 14.6. The second-order valence-corrected chi connectivity index (χ2v) is 23.2. The first-order valence-corrected chi connectivity index (χ1v) is 30.3. The van der Waals surface area contributed by atoms with Crippen molar-refractivity contribution in [1.82, 2.24) is 29.4 Å². The maximum absolute atomic E-state index is 14.1. The zero-order chi connectivity index (χ0) is 61.1. The third-order valence-electron chi connectivity index (χ3n) is 17.1. The molecule has 5 aromatic rings. The number of imide groups is 1. The number of hydrogen-bond donors (Lipinski definition) is 2. The fourth-order valence-corrected chi connectivity index (χ4v) is 12.2. The fourth-order valence-electron chi connectivity index (χ4n) is 12.2. The second kappa shape index (κ2) is 28.5. The van der Waals surface area contributed by atoms with Crippen molar-refractivity contribution in [3.8, 4) is 17.1 Å². The van der Waals surface area contributed by atoms with E-state index in [4.69, 9.17) is 28.7 Å². The van der Waals surface area contributed by atoms with E-state index >= 15 is 0 Å². The smallest absolute Gasteiger partial charge is 0.508 e. The molecule has 22 heteroatoms. The number of pyridine rings is 2. The molecule has 3 aromatic heterocycles. The number of likely N-dealkylation sites (tertiary alicyclic amines) is 1. The summed E-state index contributed by atoms with van der Waals surface area (Å²) < 4.78 is 31.3. The highest BCUT2D eigenvalue weighted by atomic mass is 16.7. The number of Topliss-reactive ketones (excluding diaryl/α,β-unsaturated/α-hetero) is 3. The lowest BCUT2D eigenvalue weighted by Crippen LogP contribution is -2.47. The lowest BCUT2D eigenvalue weighted by Gasteiger charge is -2.35. The Hall–Kier alpha value is -7.98. The molecule has 2 N–H and O–H groups in total. The quantitative estimate of drug-likeness (QED) is 0.0244. The molecule has 1 saturated heterocycles. The number of cyclic esters (lactones) is 1. The normalized spacial score (nSPS) is 19.2. The van der Waals surface area contributed by atoms with Crippen LogP contribution < -0.4 is 10.9 Å². The number of carbonyl (C=O) groups is 8. The number of phenolic OH excluding ortho intramolecular Hbond substituents is 1. The minimum atomic E-state index is -1.99. The fraction of sp³-hybridized carbons (Fsp3) is 0.531. The van der Waals surface area contributed by atoms with Crippen LogP contribution in [0.5, 0.6) is 5.75 Å². The van der Waals surface area contributed by atoms with Crippen molar-refractivity contribution >= 4 is 63.8 Å². The van der Waals surface area contributed by atoms with Crippen LogP contribution in [0.1, 0.15) is 151 Å². The van der Waals surface area contributed by atoms with Gasteiger partial charge in [0.15, 0.2) is 11.6 Å². The number of carbonyl (C=O) groups excluding carboxylic acids is 8. The molecule has 458 valence electrons.